The molecule has 1 aliphatic rings. The maximum atomic E-state index is 11.7. The third-order valence-electron chi connectivity index (χ3n) is 3.38. The van der Waals surface area contributed by atoms with Crippen molar-refractivity contribution in [2.45, 2.75) is 39.2 Å². The van der Waals surface area contributed by atoms with E-state index < -0.39 is 17.8 Å². The molecule has 0 fully saturated rings. The second kappa shape index (κ2) is 7.54. The Hall–Kier alpha value is -2.43. The molecule has 1 heterocycles. The van der Waals surface area contributed by atoms with E-state index >= 15 is 0 Å². The normalized spacial score (nSPS) is 13.8. The molecular formula is C17H19NO4. The molecule has 0 bridgehead atoms. The number of unbranched alkanes of at least 4 members (excludes halogenated alkanes) is 1. The van der Waals surface area contributed by atoms with Crippen molar-refractivity contribution in [2.75, 3.05) is 0 Å². The fourth-order valence-electron chi connectivity index (χ4n) is 2.21. The summed E-state index contributed by atoms with van der Waals surface area (Å²) in [4.78, 5) is 34.0. The lowest BCUT2D eigenvalue weighted by Crippen LogP contribution is -2.23. The molecule has 0 radical (unpaired) electrons. The average molecular weight is 301 g/mol. The number of hydrogen-bond acceptors (Lipinski definition) is 4. The van der Waals surface area contributed by atoms with Gasteiger partial charge in [-0.15, -0.1) is 0 Å². The summed E-state index contributed by atoms with van der Waals surface area (Å²) in [5.74, 6) is -1.53. The van der Waals surface area contributed by atoms with Gasteiger partial charge in [-0.25, -0.2) is 0 Å². The summed E-state index contributed by atoms with van der Waals surface area (Å²) in [6.45, 7) is 2.31. The highest BCUT2D eigenvalue weighted by molar-refractivity contribution is 6.17. The summed E-state index contributed by atoms with van der Waals surface area (Å²) >= 11 is 0. The first kappa shape index (κ1) is 15.9. The zero-order valence-electron chi connectivity index (χ0n) is 12.6. The number of amides is 2. The van der Waals surface area contributed by atoms with E-state index in [1.165, 1.54) is 5.56 Å². The van der Waals surface area contributed by atoms with Crippen molar-refractivity contribution in [1.29, 1.82) is 0 Å². The van der Waals surface area contributed by atoms with E-state index in [4.69, 9.17) is 4.74 Å². The zero-order chi connectivity index (χ0) is 15.9. The van der Waals surface area contributed by atoms with Crippen LogP contribution in [-0.4, -0.2) is 17.8 Å². The van der Waals surface area contributed by atoms with Gasteiger partial charge in [0.25, 0.3) is 11.8 Å². The van der Waals surface area contributed by atoms with Crippen molar-refractivity contribution in [1.82, 2.24) is 5.32 Å². The van der Waals surface area contributed by atoms with Gasteiger partial charge in [-0.3, -0.25) is 19.7 Å². The molecule has 0 aliphatic carbocycles. The molecule has 2 rings (SSSR count). The van der Waals surface area contributed by atoms with Gasteiger partial charge in [0.2, 0.25) is 0 Å². The molecule has 2 amide bonds. The maximum Gasteiger partial charge on any atom is 0.310 e. The number of esters is 1. The van der Waals surface area contributed by atoms with Crippen LogP contribution in [0.5, 0.6) is 0 Å². The molecule has 116 valence electrons. The van der Waals surface area contributed by atoms with Crippen LogP contribution in [0.15, 0.2) is 35.9 Å². The van der Waals surface area contributed by atoms with Gasteiger partial charge in [0.15, 0.2) is 0 Å². The minimum atomic E-state index is -0.525. The summed E-state index contributed by atoms with van der Waals surface area (Å²) in [7, 11) is 0. The Labute approximate surface area is 129 Å². The molecule has 1 N–H and O–H groups in total. The summed E-state index contributed by atoms with van der Waals surface area (Å²) in [6, 6.07) is 7.92. The second-order valence-electron chi connectivity index (χ2n) is 5.25. The number of carbonyl (C=O) groups excluding carboxylic acids is 3. The van der Waals surface area contributed by atoms with E-state index in [1.54, 1.807) is 0 Å². The molecule has 1 aliphatic heterocycles. The van der Waals surface area contributed by atoms with Crippen molar-refractivity contribution in [3.05, 3.63) is 47.0 Å². The molecule has 0 spiro atoms. The Morgan fingerprint density at radius 2 is 2.00 bits per heavy atom. The van der Waals surface area contributed by atoms with Crippen LogP contribution in [0, 0.1) is 0 Å². The number of imide groups is 1. The van der Waals surface area contributed by atoms with Gasteiger partial charge in [0, 0.05) is 11.6 Å². The van der Waals surface area contributed by atoms with Crippen LogP contribution in [0.1, 0.15) is 37.3 Å². The van der Waals surface area contributed by atoms with Crippen molar-refractivity contribution in [3.63, 3.8) is 0 Å². The van der Waals surface area contributed by atoms with E-state index in [9.17, 15) is 14.4 Å². The lowest BCUT2D eigenvalue weighted by atomic mass is 10.1. The Morgan fingerprint density at radius 1 is 1.23 bits per heavy atom. The highest BCUT2D eigenvalue weighted by Gasteiger charge is 2.23. The first-order chi connectivity index (χ1) is 10.6. The van der Waals surface area contributed by atoms with Gasteiger partial charge in [-0.05, 0) is 24.0 Å². The third kappa shape index (κ3) is 4.55. The van der Waals surface area contributed by atoms with E-state index in [1.807, 2.05) is 18.2 Å². The Kier molecular flexibility index (Phi) is 5.47. The van der Waals surface area contributed by atoms with Crippen molar-refractivity contribution in [3.8, 4) is 0 Å². The number of carbonyl (C=O) groups is 3. The molecule has 22 heavy (non-hydrogen) atoms. The van der Waals surface area contributed by atoms with Gasteiger partial charge in [-0.1, -0.05) is 37.6 Å². The lowest BCUT2D eigenvalue weighted by molar-refractivity contribution is -0.144. The van der Waals surface area contributed by atoms with Crippen LogP contribution in [0.3, 0.4) is 0 Å². The summed E-state index contributed by atoms with van der Waals surface area (Å²) in [6.07, 6.45) is 4.21. The molecule has 0 aromatic heterocycles. The van der Waals surface area contributed by atoms with Crippen LogP contribution < -0.4 is 5.32 Å². The van der Waals surface area contributed by atoms with Crippen molar-refractivity contribution >= 4 is 17.8 Å². The molecular weight excluding hydrogens is 282 g/mol. The number of hydrogen-bond donors (Lipinski definition) is 1. The Morgan fingerprint density at radius 3 is 2.68 bits per heavy atom. The van der Waals surface area contributed by atoms with E-state index in [2.05, 4.69) is 18.3 Å². The number of nitrogens with one attached hydrogen (secondary N) is 1. The van der Waals surface area contributed by atoms with E-state index in [0.717, 1.165) is 30.9 Å². The predicted molar refractivity (Wildman–Crippen MR) is 80.7 cm³/mol. The molecule has 0 saturated carbocycles. The first-order valence-corrected chi connectivity index (χ1v) is 7.38. The van der Waals surface area contributed by atoms with Gasteiger partial charge in [0.1, 0.15) is 6.61 Å². The van der Waals surface area contributed by atoms with Gasteiger partial charge in [0.05, 0.1) is 6.42 Å². The summed E-state index contributed by atoms with van der Waals surface area (Å²) < 4.78 is 5.16. The number of rotatable bonds is 7. The fraction of sp³-hybridized carbons (Fsp3) is 0.353. The lowest BCUT2D eigenvalue weighted by Gasteiger charge is -2.07. The minimum absolute atomic E-state index is 0.145. The SMILES string of the molecule is CCCCc1cccc(COC(=O)CC2=CC(=O)NC2=O)c1. The Balaban J connectivity index is 1.85. The fourth-order valence-corrected chi connectivity index (χ4v) is 2.21. The van der Waals surface area contributed by atoms with Crippen LogP contribution in [-0.2, 0) is 32.1 Å². The smallest absolute Gasteiger partial charge is 0.310 e. The standard InChI is InChI=1S/C17H19NO4/c1-2-3-5-12-6-4-7-13(8-12)11-22-16(20)10-14-9-15(19)18-17(14)21/h4,6-9H,2-3,5,10-11H2,1H3,(H,18,19,21). The van der Waals surface area contributed by atoms with E-state index in [-0.39, 0.29) is 18.6 Å². The van der Waals surface area contributed by atoms with E-state index in [0.29, 0.717) is 0 Å². The summed E-state index contributed by atoms with van der Waals surface area (Å²) in [5.41, 5.74) is 2.29. The third-order valence-corrected chi connectivity index (χ3v) is 3.38. The molecule has 5 heteroatoms. The number of benzene rings is 1. The molecule has 5 nitrogen and oxygen atoms in total. The van der Waals surface area contributed by atoms with Gasteiger partial charge >= 0.3 is 5.97 Å². The highest BCUT2D eigenvalue weighted by atomic mass is 16.5. The monoisotopic (exact) mass is 301 g/mol. The van der Waals surface area contributed by atoms with Crippen molar-refractivity contribution < 1.29 is 19.1 Å². The minimum Gasteiger partial charge on any atom is -0.461 e. The highest BCUT2D eigenvalue weighted by Crippen LogP contribution is 2.12. The second-order valence-corrected chi connectivity index (χ2v) is 5.25. The maximum absolute atomic E-state index is 11.7. The molecule has 0 atom stereocenters. The molecule has 1 aromatic carbocycles. The quantitative estimate of drug-likeness (QED) is 0.618. The Bertz CT molecular complexity index is 619. The largest absolute Gasteiger partial charge is 0.461 e. The molecule has 1 aromatic rings. The molecule has 0 unspecified atom stereocenters. The van der Waals surface area contributed by atoms with Gasteiger partial charge < -0.3 is 4.74 Å². The topological polar surface area (TPSA) is 72.5 Å². The van der Waals surface area contributed by atoms with Crippen LogP contribution in [0.2, 0.25) is 0 Å². The zero-order valence-corrected chi connectivity index (χ0v) is 12.6. The number of ether oxygens (including phenoxy) is 1. The number of aryl methyl sites for hydroxylation is 1. The predicted octanol–water partition coefficient (Wildman–Crippen LogP) is 2.05. The molecule has 0 saturated heterocycles. The summed E-state index contributed by atoms with van der Waals surface area (Å²) in [5, 5.41) is 2.09. The first-order valence-electron chi connectivity index (χ1n) is 7.38. The van der Waals surface area contributed by atoms with Crippen molar-refractivity contribution in [2.24, 2.45) is 0 Å². The average Bonchev–Trinajstić information content (AvgIpc) is 2.81. The van der Waals surface area contributed by atoms with Crippen LogP contribution in [0.4, 0.5) is 0 Å². The van der Waals surface area contributed by atoms with Gasteiger partial charge in [-0.2, -0.15) is 0 Å². The van der Waals surface area contributed by atoms with Crippen LogP contribution >= 0.6 is 0 Å². The van der Waals surface area contributed by atoms with Crippen LogP contribution in [0.25, 0.3) is 0 Å².